The van der Waals surface area contributed by atoms with Gasteiger partial charge in [-0.2, -0.15) is 0 Å². The minimum atomic E-state index is -0.533. The zero-order valence-corrected chi connectivity index (χ0v) is 17.8. The first-order valence-corrected chi connectivity index (χ1v) is 10.9. The van der Waals surface area contributed by atoms with E-state index in [-0.39, 0.29) is 12.4 Å². The monoisotopic (exact) mass is 439 g/mol. The minimum absolute atomic E-state index is 0.0371. The summed E-state index contributed by atoms with van der Waals surface area (Å²) >= 11 is 1.19. The Morgan fingerprint density at radius 2 is 1.97 bits per heavy atom. The molecule has 0 fully saturated rings. The highest BCUT2D eigenvalue weighted by Gasteiger charge is 2.25. The Labute approximate surface area is 182 Å². The second kappa shape index (κ2) is 9.22. The maximum Gasteiger partial charge on any atom is 0.339 e. The fourth-order valence-electron chi connectivity index (χ4n) is 3.61. The van der Waals surface area contributed by atoms with Crippen molar-refractivity contribution in [2.45, 2.75) is 32.6 Å². The quantitative estimate of drug-likeness (QED) is 0.564. The van der Waals surface area contributed by atoms with Crippen molar-refractivity contribution in [1.82, 2.24) is 9.97 Å². The van der Waals surface area contributed by atoms with Crippen molar-refractivity contribution in [3.63, 3.8) is 0 Å². The average molecular weight is 439 g/mol. The fourth-order valence-corrected chi connectivity index (χ4v) is 4.33. The number of esters is 2. The lowest BCUT2D eigenvalue weighted by Gasteiger charge is -2.12. The van der Waals surface area contributed by atoms with Gasteiger partial charge >= 0.3 is 11.9 Å². The second-order valence-corrected chi connectivity index (χ2v) is 7.89. The number of hydrogen-bond donors (Lipinski definition) is 1. The molecule has 0 unspecified atom stereocenters. The number of amides is 1. The summed E-state index contributed by atoms with van der Waals surface area (Å²) in [4.78, 5) is 45.5. The number of thiazole rings is 1. The van der Waals surface area contributed by atoms with E-state index < -0.39 is 18.5 Å². The van der Waals surface area contributed by atoms with Gasteiger partial charge in [-0.25, -0.2) is 9.78 Å². The van der Waals surface area contributed by atoms with Gasteiger partial charge in [-0.1, -0.05) is 18.2 Å². The average Bonchev–Trinajstić information content (AvgIpc) is 3.39. The van der Waals surface area contributed by atoms with Gasteiger partial charge in [0.15, 0.2) is 11.7 Å². The number of aromatic nitrogens is 2. The molecule has 0 saturated carbocycles. The van der Waals surface area contributed by atoms with Crippen molar-refractivity contribution in [3.05, 3.63) is 52.2 Å². The largest absolute Gasteiger partial charge is 0.466 e. The van der Waals surface area contributed by atoms with E-state index in [4.69, 9.17) is 9.47 Å². The normalized spacial score (nSPS) is 12.4. The highest BCUT2D eigenvalue weighted by atomic mass is 32.1. The Kier molecular flexibility index (Phi) is 6.22. The van der Waals surface area contributed by atoms with Gasteiger partial charge in [-0.05, 0) is 37.8 Å². The Hall–Kier alpha value is -3.33. The summed E-state index contributed by atoms with van der Waals surface area (Å²) in [6.45, 7) is 1.60. The number of hydrogen-bond acceptors (Lipinski definition) is 8. The van der Waals surface area contributed by atoms with E-state index in [0.29, 0.717) is 23.0 Å². The van der Waals surface area contributed by atoms with Gasteiger partial charge in [0, 0.05) is 16.5 Å². The molecule has 8 nitrogen and oxygen atoms in total. The number of fused-ring (bicyclic) bond motifs is 2. The summed E-state index contributed by atoms with van der Waals surface area (Å²) in [5.74, 6) is -1.41. The van der Waals surface area contributed by atoms with Crippen LogP contribution in [0.1, 0.15) is 40.7 Å². The van der Waals surface area contributed by atoms with Crippen LogP contribution in [0.5, 0.6) is 0 Å². The van der Waals surface area contributed by atoms with Crippen molar-refractivity contribution >= 4 is 45.2 Å². The van der Waals surface area contributed by atoms with E-state index in [1.807, 2.05) is 24.3 Å². The third-order valence-electron chi connectivity index (χ3n) is 4.89. The molecular weight excluding hydrogens is 418 g/mol. The standard InChI is InChI=1S/C22H21N3O5S/c1-2-29-19(27)10-13-12-31-22(23-13)25-18(26)11-30-21(28)20-14-6-3-4-8-16(14)24-17-9-5-7-15(17)20/h3-4,6,8,12H,2,5,7,9-11H2,1H3,(H,23,25,26). The molecule has 0 bridgehead atoms. The van der Waals surface area contributed by atoms with Gasteiger partial charge in [0.1, 0.15) is 0 Å². The molecule has 3 aromatic rings. The molecule has 1 amide bonds. The fraction of sp³-hybridized carbons (Fsp3) is 0.318. The predicted octanol–water partition coefficient (Wildman–Crippen LogP) is 3.08. The van der Waals surface area contributed by atoms with Crippen LogP contribution in [0.15, 0.2) is 29.6 Å². The van der Waals surface area contributed by atoms with Gasteiger partial charge in [-0.3, -0.25) is 19.9 Å². The molecule has 1 N–H and O–H groups in total. The molecule has 9 heteroatoms. The summed E-state index contributed by atoms with van der Waals surface area (Å²) in [6, 6.07) is 7.45. The van der Waals surface area contributed by atoms with Gasteiger partial charge in [0.05, 0.1) is 29.8 Å². The van der Waals surface area contributed by atoms with Crippen LogP contribution in [0.25, 0.3) is 10.9 Å². The smallest absolute Gasteiger partial charge is 0.339 e. The van der Waals surface area contributed by atoms with Crippen LogP contribution in [0.3, 0.4) is 0 Å². The third kappa shape index (κ3) is 4.72. The number of carbonyl (C=O) groups excluding carboxylic acids is 3. The lowest BCUT2D eigenvalue weighted by Crippen LogP contribution is -2.21. The van der Waals surface area contributed by atoms with E-state index in [1.165, 1.54) is 11.3 Å². The van der Waals surface area contributed by atoms with Gasteiger partial charge in [0.25, 0.3) is 5.91 Å². The molecule has 1 aromatic carbocycles. The molecular formula is C22H21N3O5S. The molecule has 0 aliphatic heterocycles. The Balaban J connectivity index is 1.40. The van der Waals surface area contributed by atoms with Crippen LogP contribution in [0.2, 0.25) is 0 Å². The molecule has 2 aromatic heterocycles. The zero-order chi connectivity index (χ0) is 21.8. The summed E-state index contributed by atoms with van der Waals surface area (Å²) in [6.07, 6.45) is 2.58. The second-order valence-electron chi connectivity index (χ2n) is 7.03. The topological polar surface area (TPSA) is 107 Å². The summed E-state index contributed by atoms with van der Waals surface area (Å²) < 4.78 is 10.2. The molecule has 31 heavy (non-hydrogen) atoms. The van der Waals surface area contributed by atoms with Crippen LogP contribution in [-0.4, -0.2) is 41.0 Å². The number of rotatable bonds is 7. The van der Waals surface area contributed by atoms with Crippen molar-refractivity contribution in [3.8, 4) is 0 Å². The first-order valence-electron chi connectivity index (χ1n) is 10.0. The summed E-state index contributed by atoms with van der Waals surface area (Å²) in [5.41, 5.74) is 3.59. The molecule has 1 aliphatic rings. The number of nitrogens with one attached hydrogen (secondary N) is 1. The van der Waals surface area contributed by atoms with Crippen LogP contribution < -0.4 is 5.32 Å². The number of aryl methyl sites for hydroxylation is 1. The molecule has 0 radical (unpaired) electrons. The predicted molar refractivity (Wildman–Crippen MR) is 115 cm³/mol. The van der Waals surface area contributed by atoms with Gasteiger partial charge in [0.2, 0.25) is 0 Å². The Bertz CT molecular complexity index is 1160. The Morgan fingerprint density at radius 1 is 1.13 bits per heavy atom. The number of carbonyl (C=O) groups is 3. The maximum absolute atomic E-state index is 12.9. The van der Waals surface area contributed by atoms with Crippen LogP contribution in [-0.2, 0) is 38.3 Å². The summed E-state index contributed by atoms with van der Waals surface area (Å²) in [5, 5.41) is 5.32. The maximum atomic E-state index is 12.9. The van der Waals surface area contributed by atoms with Crippen LogP contribution in [0, 0.1) is 0 Å². The van der Waals surface area contributed by atoms with Crippen molar-refractivity contribution < 1.29 is 23.9 Å². The van der Waals surface area contributed by atoms with E-state index in [0.717, 1.165) is 41.4 Å². The van der Waals surface area contributed by atoms with Gasteiger partial charge < -0.3 is 9.47 Å². The van der Waals surface area contributed by atoms with Crippen LogP contribution in [0.4, 0.5) is 5.13 Å². The number of anilines is 1. The first-order chi connectivity index (χ1) is 15.0. The number of nitrogens with zero attached hydrogens (tertiary/aromatic N) is 2. The van der Waals surface area contributed by atoms with E-state index in [9.17, 15) is 14.4 Å². The molecule has 1 aliphatic carbocycles. The molecule has 4 rings (SSSR count). The highest BCUT2D eigenvalue weighted by molar-refractivity contribution is 7.13. The number of para-hydroxylation sites is 1. The molecule has 0 atom stereocenters. The first kappa shape index (κ1) is 20.9. The van der Waals surface area contributed by atoms with E-state index in [2.05, 4.69) is 15.3 Å². The summed E-state index contributed by atoms with van der Waals surface area (Å²) in [7, 11) is 0. The van der Waals surface area contributed by atoms with Crippen molar-refractivity contribution in [1.29, 1.82) is 0 Å². The van der Waals surface area contributed by atoms with E-state index >= 15 is 0 Å². The van der Waals surface area contributed by atoms with Gasteiger partial charge in [-0.15, -0.1) is 11.3 Å². The zero-order valence-electron chi connectivity index (χ0n) is 17.0. The number of ether oxygens (including phenoxy) is 2. The highest BCUT2D eigenvalue weighted by Crippen LogP contribution is 2.30. The number of benzene rings is 1. The molecule has 2 heterocycles. The Morgan fingerprint density at radius 3 is 2.81 bits per heavy atom. The number of pyridine rings is 1. The lowest BCUT2D eigenvalue weighted by molar-refractivity contribution is -0.142. The van der Waals surface area contributed by atoms with E-state index in [1.54, 1.807) is 12.3 Å². The van der Waals surface area contributed by atoms with Crippen LogP contribution >= 0.6 is 11.3 Å². The minimum Gasteiger partial charge on any atom is -0.466 e. The third-order valence-corrected chi connectivity index (χ3v) is 5.69. The lowest BCUT2D eigenvalue weighted by atomic mass is 10.0. The molecule has 160 valence electrons. The van der Waals surface area contributed by atoms with Crippen molar-refractivity contribution in [2.24, 2.45) is 0 Å². The molecule has 0 spiro atoms. The van der Waals surface area contributed by atoms with Crippen molar-refractivity contribution in [2.75, 3.05) is 18.5 Å². The molecule has 0 saturated heterocycles. The SMILES string of the molecule is CCOC(=O)Cc1csc(NC(=O)COC(=O)c2c3c(nc4ccccc24)CCC3)n1.